The van der Waals surface area contributed by atoms with Crippen LogP contribution in [-0.4, -0.2) is 30.9 Å². The highest BCUT2D eigenvalue weighted by atomic mass is 35.5. The minimum atomic E-state index is -1.01. The van der Waals surface area contributed by atoms with Crippen LogP contribution in [0.2, 0.25) is 10.0 Å². The molecule has 1 aromatic rings. The minimum Gasteiger partial charge on any atom is -0.386 e. The van der Waals surface area contributed by atoms with Crippen LogP contribution < -0.4 is 10.6 Å². The number of urea groups is 1. The number of benzene rings is 1. The largest absolute Gasteiger partial charge is 0.386 e. The van der Waals surface area contributed by atoms with Crippen LogP contribution in [-0.2, 0) is 0 Å². The Morgan fingerprint density at radius 3 is 2.53 bits per heavy atom. The van der Waals surface area contributed by atoms with Gasteiger partial charge in [0, 0.05) is 28.7 Å². The van der Waals surface area contributed by atoms with Gasteiger partial charge in [0.25, 0.3) is 0 Å². The Hall–Kier alpha value is -1.04. The number of aliphatic hydroxyl groups is 1. The van der Waals surface area contributed by atoms with Gasteiger partial charge in [-0.3, -0.25) is 4.39 Å². The lowest BCUT2D eigenvalue weighted by Gasteiger charge is -2.15. The van der Waals surface area contributed by atoms with Crippen LogP contribution in [0.1, 0.15) is 18.1 Å². The van der Waals surface area contributed by atoms with Crippen molar-refractivity contribution in [2.45, 2.75) is 12.5 Å². The van der Waals surface area contributed by atoms with E-state index in [0.29, 0.717) is 15.6 Å². The maximum Gasteiger partial charge on any atom is 0.314 e. The van der Waals surface area contributed by atoms with Gasteiger partial charge in [-0.05, 0) is 18.6 Å². The maximum absolute atomic E-state index is 11.8. The third kappa shape index (κ3) is 5.22. The molecule has 1 rings (SSSR count). The quantitative estimate of drug-likeness (QED) is 0.708. The van der Waals surface area contributed by atoms with Crippen molar-refractivity contribution >= 4 is 29.2 Å². The lowest BCUT2D eigenvalue weighted by Crippen LogP contribution is -2.38. The summed E-state index contributed by atoms with van der Waals surface area (Å²) in [6.45, 7) is -0.283. The van der Waals surface area contributed by atoms with Gasteiger partial charge >= 0.3 is 6.03 Å². The molecule has 0 saturated heterocycles. The molecule has 106 valence electrons. The lowest BCUT2D eigenvalue weighted by molar-refractivity contribution is 0.173. The predicted molar refractivity (Wildman–Crippen MR) is 73.4 cm³/mol. The zero-order chi connectivity index (χ0) is 14.3. The van der Waals surface area contributed by atoms with E-state index in [1.165, 1.54) is 0 Å². The van der Waals surface area contributed by atoms with Crippen LogP contribution in [0.3, 0.4) is 0 Å². The van der Waals surface area contributed by atoms with Crippen LogP contribution in [0.4, 0.5) is 9.18 Å². The summed E-state index contributed by atoms with van der Waals surface area (Å²) in [6.07, 6.45) is -0.750. The Morgan fingerprint density at radius 2 is 1.95 bits per heavy atom. The molecule has 0 heterocycles. The number of hydrogen-bond acceptors (Lipinski definition) is 2. The molecule has 0 fully saturated rings. The molecule has 3 N–H and O–H groups in total. The summed E-state index contributed by atoms with van der Waals surface area (Å²) in [4.78, 5) is 11.3. The van der Waals surface area contributed by atoms with Crippen molar-refractivity contribution in [1.82, 2.24) is 10.6 Å². The van der Waals surface area contributed by atoms with E-state index in [0.717, 1.165) is 0 Å². The van der Waals surface area contributed by atoms with Crippen LogP contribution in [0.15, 0.2) is 18.2 Å². The van der Waals surface area contributed by atoms with Gasteiger partial charge in [-0.2, -0.15) is 0 Å². The van der Waals surface area contributed by atoms with Crippen molar-refractivity contribution in [2.75, 3.05) is 19.8 Å². The molecule has 1 aromatic carbocycles. The van der Waals surface area contributed by atoms with Gasteiger partial charge in [-0.25, -0.2) is 4.79 Å². The Morgan fingerprint density at radius 1 is 1.32 bits per heavy atom. The summed E-state index contributed by atoms with van der Waals surface area (Å²) in [5.41, 5.74) is 0.370. The topological polar surface area (TPSA) is 61.4 Å². The Labute approximate surface area is 120 Å². The van der Waals surface area contributed by atoms with Gasteiger partial charge in [0.1, 0.15) is 0 Å². The number of aliphatic hydroxyl groups excluding tert-OH is 1. The van der Waals surface area contributed by atoms with Crippen LogP contribution in [0.5, 0.6) is 0 Å². The molecule has 0 radical (unpaired) electrons. The molecule has 7 heteroatoms. The molecule has 0 spiro atoms. The number of carbonyl (C=O) groups excluding carboxylic acids is 1. The fourth-order valence-electron chi connectivity index (χ4n) is 1.45. The van der Waals surface area contributed by atoms with Crippen molar-refractivity contribution in [1.29, 1.82) is 0 Å². The number of amides is 2. The lowest BCUT2D eigenvalue weighted by atomic mass is 10.1. The van der Waals surface area contributed by atoms with Gasteiger partial charge < -0.3 is 15.7 Å². The third-order valence-corrected chi connectivity index (χ3v) is 3.04. The van der Waals surface area contributed by atoms with Crippen molar-refractivity contribution in [3.05, 3.63) is 33.8 Å². The zero-order valence-corrected chi connectivity index (χ0v) is 11.6. The summed E-state index contributed by atoms with van der Waals surface area (Å²) < 4.78 is 11.8. The first-order valence-corrected chi connectivity index (χ1v) is 6.51. The highest BCUT2D eigenvalue weighted by Crippen LogP contribution is 2.29. The number of carbonyl (C=O) groups is 1. The second-order valence-corrected chi connectivity index (χ2v) is 4.64. The van der Waals surface area contributed by atoms with Gasteiger partial charge in [-0.15, -0.1) is 0 Å². The minimum absolute atomic E-state index is 0.0368. The average molecular weight is 309 g/mol. The summed E-state index contributed by atoms with van der Waals surface area (Å²) in [5, 5.41) is 15.5. The van der Waals surface area contributed by atoms with Gasteiger partial charge in [-0.1, -0.05) is 29.3 Å². The molecule has 4 nitrogen and oxygen atoms in total. The molecule has 0 bridgehead atoms. The highest BCUT2D eigenvalue weighted by Gasteiger charge is 2.16. The van der Waals surface area contributed by atoms with Crippen molar-refractivity contribution in [3.63, 3.8) is 0 Å². The van der Waals surface area contributed by atoms with E-state index < -0.39 is 18.8 Å². The summed E-state index contributed by atoms with van der Waals surface area (Å²) in [6, 6.07) is 4.40. The van der Waals surface area contributed by atoms with Gasteiger partial charge in [0.2, 0.25) is 0 Å². The first-order valence-electron chi connectivity index (χ1n) is 5.76. The number of hydrogen-bond donors (Lipinski definition) is 3. The summed E-state index contributed by atoms with van der Waals surface area (Å²) in [7, 11) is 0. The first-order chi connectivity index (χ1) is 9.06. The van der Waals surface area contributed by atoms with E-state index in [1.807, 2.05) is 0 Å². The molecular weight excluding hydrogens is 294 g/mol. The molecular formula is C12H15Cl2FN2O2. The maximum atomic E-state index is 11.8. The Kier molecular flexibility index (Phi) is 6.91. The van der Waals surface area contributed by atoms with E-state index >= 15 is 0 Å². The fraction of sp³-hybridized carbons (Fsp3) is 0.417. The normalized spacial score (nSPS) is 12.0. The first kappa shape index (κ1) is 16.0. The smallest absolute Gasteiger partial charge is 0.314 e. The molecule has 1 unspecified atom stereocenters. The van der Waals surface area contributed by atoms with Crippen molar-refractivity contribution in [3.8, 4) is 0 Å². The number of alkyl halides is 1. The second kappa shape index (κ2) is 8.19. The zero-order valence-electron chi connectivity index (χ0n) is 10.1. The second-order valence-electron chi connectivity index (χ2n) is 3.83. The molecule has 2 amide bonds. The predicted octanol–water partition coefficient (Wildman–Crippen LogP) is 2.69. The number of halogens is 3. The molecule has 19 heavy (non-hydrogen) atoms. The SMILES string of the molecule is O=C(NCCCF)NCC(O)c1c(Cl)cccc1Cl. The standard InChI is InChI=1S/C12H15Cl2FN2O2/c13-8-3-1-4-9(14)11(8)10(18)7-17-12(19)16-6-2-5-15/h1,3-4,10,18H,2,5-7H2,(H2,16,17,19). The number of rotatable bonds is 6. The molecule has 0 saturated carbocycles. The van der Waals surface area contributed by atoms with Gasteiger partial charge in [0.05, 0.1) is 12.8 Å². The van der Waals surface area contributed by atoms with Crippen LogP contribution in [0, 0.1) is 0 Å². The van der Waals surface area contributed by atoms with E-state index in [-0.39, 0.29) is 19.5 Å². The Bertz CT molecular complexity index is 412. The Balaban J connectivity index is 2.47. The van der Waals surface area contributed by atoms with Crippen molar-refractivity contribution in [2.24, 2.45) is 0 Å². The van der Waals surface area contributed by atoms with Crippen LogP contribution >= 0.6 is 23.2 Å². The monoisotopic (exact) mass is 308 g/mol. The fourth-order valence-corrected chi connectivity index (χ4v) is 2.10. The highest BCUT2D eigenvalue weighted by molar-refractivity contribution is 6.36. The third-order valence-electron chi connectivity index (χ3n) is 2.38. The van der Waals surface area contributed by atoms with E-state index in [2.05, 4.69) is 10.6 Å². The summed E-state index contributed by atoms with van der Waals surface area (Å²) in [5.74, 6) is 0. The number of nitrogens with one attached hydrogen (secondary N) is 2. The molecule has 0 aliphatic heterocycles. The average Bonchev–Trinajstić information content (AvgIpc) is 2.36. The van der Waals surface area contributed by atoms with E-state index in [4.69, 9.17) is 23.2 Å². The van der Waals surface area contributed by atoms with Crippen molar-refractivity contribution < 1.29 is 14.3 Å². The summed E-state index contributed by atoms with van der Waals surface area (Å²) >= 11 is 11.9. The molecule has 0 aromatic heterocycles. The van der Waals surface area contributed by atoms with E-state index in [1.54, 1.807) is 18.2 Å². The molecule has 0 aliphatic carbocycles. The molecule has 1 atom stereocenters. The molecule has 0 aliphatic rings. The van der Waals surface area contributed by atoms with E-state index in [9.17, 15) is 14.3 Å². The van der Waals surface area contributed by atoms with Crippen LogP contribution in [0.25, 0.3) is 0 Å². The van der Waals surface area contributed by atoms with Gasteiger partial charge in [0.15, 0.2) is 0 Å².